The van der Waals surface area contributed by atoms with Gasteiger partial charge in [0.25, 0.3) is 0 Å². The van der Waals surface area contributed by atoms with Crippen LogP contribution in [0.4, 0.5) is 35.0 Å². The van der Waals surface area contributed by atoms with Crippen molar-refractivity contribution in [3.63, 3.8) is 0 Å². The fourth-order valence-corrected chi connectivity index (χ4v) is 4.01. The molecule has 10 heteroatoms. The van der Waals surface area contributed by atoms with E-state index in [1.54, 1.807) is 24.4 Å². The normalized spacial score (nSPS) is 11.6. The van der Waals surface area contributed by atoms with Crippen molar-refractivity contribution < 1.29 is 27.9 Å². The fraction of sp³-hybridized carbons (Fsp3) is 0.333. The lowest BCUT2D eigenvalue weighted by Crippen LogP contribution is -2.32. The van der Waals surface area contributed by atoms with E-state index in [9.17, 15) is 27.9 Å². The number of amides is 2. The number of halogens is 3. The van der Waals surface area contributed by atoms with E-state index < -0.39 is 23.7 Å². The van der Waals surface area contributed by atoms with E-state index in [2.05, 4.69) is 43.2 Å². The minimum atomic E-state index is -4.47. The van der Waals surface area contributed by atoms with E-state index >= 15 is 0 Å². The summed E-state index contributed by atoms with van der Waals surface area (Å²) in [6, 6.07) is 11.9. The summed E-state index contributed by atoms with van der Waals surface area (Å²) in [7, 11) is 0. The van der Waals surface area contributed by atoms with Gasteiger partial charge in [0.15, 0.2) is 0 Å². The number of hydrogen-bond acceptors (Lipinski definition) is 3. The number of benzene rings is 2. The van der Waals surface area contributed by atoms with Crippen molar-refractivity contribution in [3.8, 4) is 5.69 Å². The Bertz CT molecular complexity index is 1220. The summed E-state index contributed by atoms with van der Waals surface area (Å²) in [5.41, 5.74) is 1.17. The largest absolute Gasteiger partial charge is 0.477 e. The van der Waals surface area contributed by atoms with Crippen molar-refractivity contribution in [2.45, 2.75) is 33.9 Å². The first kappa shape index (κ1) is 27.6. The number of urea groups is 1. The molecule has 0 aliphatic rings. The Morgan fingerprint density at radius 2 is 1.57 bits per heavy atom. The van der Waals surface area contributed by atoms with Gasteiger partial charge in [0.1, 0.15) is 5.69 Å². The Morgan fingerprint density at radius 1 is 0.946 bits per heavy atom. The molecule has 0 aliphatic carbocycles. The summed E-state index contributed by atoms with van der Waals surface area (Å²) in [4.78, 5) is 26.7. The van der Waals surface area contributed by atoms with E-state index in [0.717, 1.165) is 30.9 Å². The molecule has 0 spiro atoms. The number of carboxylic acids is 1. The van der Waals surface area contributed by atoms with E-state index in [-0.39, 0.29) is 11.4 Å². The number of alkyl halides is 3. The molecule has 0 unspecified atom stereocenters. The van der Waals surface area contributed by atoms with E-state index in [0.29, 0.717) is 23.2 Å². The van der Waals surface area contributed by atoms with Crippen LogP contribution in [-0.2, 0) is 6.18 Å². The van der Waals surface area contributed by atoms with Gasteiger partial charge < -0.3 is 25.2 Å². The number of aromatic nitrogens is 1. The highest BCUT2D eigenvalue weighted by molar-refractivity contribution is 6.02. The van der Waals surface area contributed by atoms with Gasteiger partial charge in [-0.1, -0.05) is 27.7 Å². The molecule has 2 aromatic carbocycles. The Morgan fingerprint density at radius 3 is 2.11 bits per heavy atom. The SMILES string of the molecule is CC(C)CN(CC(C)C)c1ccc(-n2cccc2C(=O)O)cc1NC(=O)Nc1ccc(C(F)(F)F)cc1. The molecule has 3 N–H and O–H groups in total. The topological polar surface area (TPSA) is 86.6 Å². The van der Waals surface area contributed by atoms with E-state index in [4.69, 9.17) is 0 Å². The van der Waals surface area contributed by atoms with Crippen LogP contribution in [0.5, 0.6) is 0 Å². The number of rotatable bonds is 9. The number of carboxylic acid groups (broad SMARTS) is 1. The van der Waals surface area contributed by atoms with Crippen LogP contribution in [-0.4, -0.2) is 34.8 Å². The van der Waals surface area contributed by atoms with Gasteiger partial charge >= 0.3 is 18.2 Å². The fourth-order valence-electron chi connectivity index (χ4n) is 4.01. The Balaban J connectivity index is 1.96. The van der Waals surface area contributed by atoms with Crippen molar-refractivity contribution >= 4 is 29.1 Å². The zero-order valence-electron chi connectivity index (χ0n) is 21.1. The number of aromatic carboxylic acids is 1. The van der Waals surface area contributed by atoms with Crippen LogP contribution in [0.25, 0.3) is 5.69 Å². The number of nitrogens with zero attached hydrogens (tertiary/aromatic N) is 2. The number of nitrogens with one attached hydrogen (secondary N) is 2. The van der Waals surface area contributed by atoms with E-state index in [1.807, 2.05) is 6.07 Å². The predicted octanol–water partition coefficient (Wildman–Crippen LogP) is 6.96. The molecule has 2 amide bonds. The summed E-state index contributed by atoms with van der Waals surface area (Å²) in [5, 5.41) is 14.9. The first-order chi connectivity index (χ1) is 17.3. The van der Waals surface area contributed by atoms with Gasteiger partial charge in [0.2, 0.25) is 0 Å². The molecule has 37 heavy (non-hydrogen) atoms. The second-order valence-corrected chi connectivity index (χ2v) is 9.62. The van der Waals surface area contributed by atoms with Crippen molar-refractivity contribution in [1.82, 2.24) is 4.57 Å². The molecule has 0 atom stereocenters. The zero-order valence-corrected chi connectivity index (χ0v) is 21.1. The van der Waals surface area contributed by atoms with Crippen molar-refractivity contribution in [2.75, 3.05) is 28.6 Å². The number of anilines is 3. The number of carbonyl (C=O) groups excluding carboxylic acids is 1. The molecule has 0 bridgehead atoms. The first-order valence-corrected chi connectivity index (χ1v) is 11.9. The molecule has 0 fully saturated rings. The third-order valence-corrected chi connectivity index (χ3v) is 5.46. The second kappa shape index (κ2) is 11.4. The molecule has 0 saturated carbocycles. The third kappa shape index (κ3) is 7.28. The lowest BCUT2D eigenvalue weighted by atomic mass is 10.1. The molecule has 0 saturated heterocycles. The average Bonchev–Trinajstić information content (AvgIpc) is 3.28. The molecule has 0 aliphatic heterocycles. The number of carbonyl (C=O) groups is 2. The minimum Gasteiger partial charge on any atom is -0.477 e. The van der Waals surface area contributed by atoms with Crippen LogP contribution in [0, 0.1) is 11.8 Å². The smallest absolute Gasteiger partial charge is 0.416 e. The van der Waals surface area contributed by atoms with E-state index in [1.165, 1.54) is 22.8 Å². The lowest BCUT2D eigenvalue weighted by Gasteiger charge is -2.31. The van der Waals surface area contributed by atoms with Gasteiger partial charge in [-0.25, -0.2) is 9.59 Å². The Labute approximate surface area is 213 Å². The van der Waals surface area contributed by atoms with Crippen LogP contribution in [0.1, 0.15) is 43.7 Å². The van der Waals surface area contributed by atoms with Crippen LogP contribution in [0.15, 0.2) is 60.8 Å². The van der Waals surface area contributed by atoms with Crippen molar-refractivity contribution in [2.24, 2.45) is 11.8 Å². The summed E-state index contributed by atoms with van der Waals surface area (Å²) in [5.74, 6) is -0.435. The lowest BCUT2D eigenvalue weighted by molar-refractivity contribution is -0.137. The Hall–Kier alpha value is -3.95. The summed E-state index contributed by atoms with van der Waals surface area (Å²) >= 11 is 0. The summed E-state index contributed by atoms with van der Waals surface area (Å²) in [6.07, 6.45) is -2.86. The third-order valence-electron chi connectivity index (χ3n) is 5.46. The van der Waals surface area contributed by atoms with Crippen LogP contribution >= 0.6 is 0 Å². The van der Waals surface area contributed by atoms with Gasteiger partial charge in [-0.3, -0.25) is 0 Å². The maximum Gasteiger partial charge on any atom is 0.416 e. The monoisotopic (exact) mass is 516 g/mol. The molecule has 3 rings (SSSR count). The molecule has 1 aromatic heterocycles. The van der Waals surface area contributed by atoms with Crippen molar-refractivity contribution in [1.29, 1.82) is 0 Å². The van der Waals surface area contributed by atoms with Gasteiger partial charge in [-0.2, -0.15) is 13.2 Å². The maximum absolute atomic E-state index is 12.9. The van der Waals surface area contributed by atoms with Crippen molar-refractivity contribution in [3.05, 3.63) is 72.1 Å². The van der Waals surface area contributed by atoms with Gasteiger partial charge in [0.05, 0.1) is 16.9 Å². The second-order valence-electron chi connectivity index (χ2n) is 9.62. The standard InChI is InChI=1S/C27H31F3N4O3/c1-17(2)15-33(16-18(3)4)23-12-11-21(34-13-5-6-24(34)25(35)36)14-22(23)32-26(37)31-20-9-7-19(8-10-20)27(28,29)30/h5-14,17-18H,15-16H2,1-4H3,(H,35,36)(H2,31,32,37). The number of hydrogen-bond donors (Lipinski definition) is 3. The van der Waals surface area contributed by atoms with Gasteiger partial charge in [-0.15, -0.1) is 0 Å². The highest BCUT2D eigenvalue weighted by Gasteiger charge is 2.30. The molecule has 3 aromatic rings. The first-order valence-electron chi connectivity index (χ1n) is 11.9. The van der Waals surface area contributed by atoms with Gasteiger partial charge in [0, 0.05) is 30.7 Å². The highest BCUT2D eigenvalue weighted by atomic mass is 19.4. The van der Waals surface area contributed by atoms with Crippen LogP contribution < -0.4 is 15.5 Å². The van der Waals surface area contributed by atoms with Gasteiger partial charge in [-0.05, 0) is 66.4 Å². The molecule has 7 nitrogen and oxygen atoms in total. The maximum atomic E-state index is 12.9. The summed E-state index contributed by atoms with van der Waals surface area (Å²) < 4.78 is 40.1. The molecule has 1 heterocycles. The Kier molecular flexibility index (Phi) is 8.52. The average molecular weight is 517 g/mol. The predicted molar refractivity (Wildman–Crippen MR) is 139 cm³/mol. The molecular weight excluding hydrogens is 485 g/mol. The minimum absolute atomic E-state index is 0.0640. The van der Waals surface area contributed by atoms with Crippen LogP contribution in [0.3, 0.4) is 0 Å². The molecule has 0 radical (unpaired) electrons. The highest BCUT2D eigenvalue weighted by Crippen LogP contribution is 2.32. The molecular formula is C27H31F3N4O3. The quantitative estimate of drug-likeness (QED) is 0.287. The van der Waals surface area contributed by atoms with Crippen LogP contribution in [0.2, 0.25) is 0 Å². The zero-order chi connectivity index (χ0) is 27.3. The molecule has 198 valence electrons. The summed E-state index contributed by atoms with van der Waals surface area (Å²) in [6.45, 7) is 9.79.